The van der Waals surface area contributed by atoms with Crippen molar-refractivity contribution >= 4 is 5.69 Å². The first-order valence-corrected chi connectivity index (χ1v) is 4.94. The zero-order chi connectivity index (χ0) is 13.3. The molecule has 18 heavy (non-hydrogen) atoms. The third kappa shape index (κ3) is 2.53. The van der Waals surface area contributed by atoms with Crippen molar-refractivity contribution in [1.82, 2.24) is 14.3 Å². The van der Waals surface area contributed by atoms with E-state index in [1.54, 1.807) is 18.2 Å². The Hall–Kier alpha value is -2.25. The van der Waals surface area contributed by atoms with Gasteiger partial charge in [0.05, 0.1) is 5.69 Å². The number of benzene rings is 1. The topological polar surface area (TPSA) is 65.8 Å². The Kier molecular flexibility index (Phi) is 2.85. The molecule has 1 heterocycles. The molecule has 0 bridgehead atoms. The number of hydrogen-bond acceptors (Lipinski definition) is 3. The largest absolute Gasteiger partial charge is 0.408 e. The summed E-state index contributed by atoms with van der Waals surface area (Å²) in [6.07, 6.45) is -3.46. The number of nitrogens with two attached hydrogens (primary N) is 1. The van der Waals surface area contributed by atoms with Gasteiger partial charge in [0, 0.05) is 5.69 Å². The molecule has 96 valence electrons. The Labute approximate surface area is 99.3 Å². The average Bonchev–Trinajstić information content (AvgIpc) is 2.58. The van der Waals surface area contributed by atoms with Gasteiger partial charge in [-0.2, -0.15) is 18.3 Å². The summed E-state index contributed by atoms with van der Waals surface area (Å²) in [6.45, 7) is -1.42. The Bertz CT molecular complexity index is 614. The number of nitrogens with zero attached hydrogens (tertiary/aromatic N) is 3. The van der Waals surface area contributed by atoms with Crippen LogP contribution in [0.5, 0.6) is 0 Å². The van der Waals surface area contributed by atoms with Crippen molar-refractivity contribution in [3.05, 3.63) is 41.1 Å². The number of nitrogen functional groups attached to an aromatic ring is 1. The number of hydrogen-bond donors (Lipinski definition) is 1. The molecule has 0 unspecified atom stereocenters. The van der Waals surface area contributed by atoms with Crippen LogP contribution in [0.2, 0.25) is 0 Å². The maximum absolute atomic E-state index is 12.2. The standard InChI is InChI=1S/C10H9F3N4O/c11-10(12,13)5-17-9(18)16(6-15-17)8-3-1-2-7(14)4-8/h1-4,6H,5,14H2. The molecule has 1 aromatic carbocycles. The highest BCUT2D eigenvalue weighted by Gasteiger charge is 2.29. The molecule has 0 fully saturated rings. The highest BCUT2D eigenvalue weighted by Crippen LogP contribution is 2.16. The van der Waals surface area contributed by atoms with Crippen LogP contribution in [-0.2, 0) is 6.54 Å². The fraction of sp³-hybridized carbons (Fsp3) is 0.200. The second kappa shape index (κ2) is 4.21. The first-order chi connectivity index (χ1) is 8.37. The SMILES string of the molecule is Nc1cccc(-n2cnn(CC(F)(F)F)c2=O)c1. The molecule has 5 nitrogen and oxygen atoms in total. The zero-order valence-corrected chi connectivity index (χ0v) is 9.05. The quantitative estimate of drug-likeness (QED) is 0.822. The summed E-state index contributed by atoms with van der Waals surface area (Å²) >= 11 is 0. The van der Waals surface area contributed by atoms with Crippen molar-refractivity contribution < 1.29 is 13.2 Å². The van der Waals surface area contributed by atoms with Crippen LogP contribution in [0.15, 0.2) is 35.4 Å². The molecule has 0 aliphatic heterocycles. The first kappa shape index (κ1) is 12.2. The Morgan fingerprint density at radius 1 is 1.33 bits per heavy atom. The summed E-state index contributed by atoms with van der Waals surface area (Å²) in [4.78, 5) is 11.7. The number of aromatic nitrogens is 3. The molecule has 1 aromatic heterocycles. The van der Waals surface area contributed by atoms with Gasteiger partial charge in [-0.3, -0.25) is 0 Å². The van der Waals surface area contributed by atoms with Gasteiger partial charge < -0.3 is 5.73 Å². The van der Waals surface area contributed by atoms with E-state index in [2.05, 4.69) is 5.10 Å². The van der Waals surface area contributed by atoms with Gasteiger partial charge in [-0.25, -0.2) is 14.0 Å². The van der Waals surface area contributed by atoms with E-state index >= 15 is 0 Å². The van der Waals surface area contributed by atoms with Gasteiger partial charge >= 0.3 is 11.9 Å². The van der Waals surface area contributed by atoms with Gasteiger partial charge in [-0.05, 0) is 18.2 Å². The van der Waals surface area contributed by atoms with Gasteiger partial charge in [0.25, 0.3) is 0 Å². The van der Waals surface area contributed by atoms with Crippen molar-refractivity contribution in [2.75, 3.05) is 5.73 Å². The second-order valence-corrected chi connectivity index (χ2v) is 3.65. The van der Waals surface area contributed by atoms with Crippen molar-refractivity contribution in [3.8, 4) is 5.69 Å². The molecule has 0 saturated heterocycles. The molecule has 2 N–H and O–H groups in total. The molecule has 2 rings (SSSR count). The van der Waals surface area contributed by atoms with Crippen molar-refractivity contribution in [1.29, 1.82) is 0 Å². The lowest BCUT2D eigenvalue weighted by Gasteiger charge is -2.04. The lowest BCUT2D eigenvalue weighted by atomic mass is 10.3. The second-order valence-electron chi connectivity index (χ2n) is 3.65. The molecular weight excluding hydrogens is 249 g/mol. The van der Waals surface area contributed by atoms with E-state index < -0.39 is 18.4 Å². The fourth-order valence-electron chi connectivity index (χ4n) is 1.47. The van der Waals surface area contributed by atoms with E-state index in [4.69, 9.17) is 5.73 Å². The first-order valence-electron chi connectivity index (χ1n) is 4.94. The fourth-order valence-corrected chi connectivity index (χ4v) is 1.47. The van der Waals surface area contributed by atoms with Crippen LogP contribution in [0.4, 0.5) is 18.9 Å². The van der Waals surface area contributed by atoms with E-state index in [1.807, 2.05) is 0 Å². The van der Waals surface area contributed by atoms with Gasteiger partial charge in [0.2, 0.25) is 0 Å². The van der Waals surface area contributed by atoms with Gasteiger partial charge in [-0.15, -0.1) is 0 Å². The number of alkyl halides is 3. The molecule has 0 radical (unpaired) electrons. The van der Waals surface area contributed by atoms with E-state index in [-0.39, 0.29) is 0 Å². The van der Waals surface area contributed by atoms with Crippen molar-refractivity contribution in [2.24, 2.45) is 0 Å². The molecule has 0 aliphatic rings. The van der Waals surface area contributed by atoms with Crippen LogP contribution in [0.1, 0.15) is 0 Å². The lowest BCUT2D eigenvalue weighted by Crippen LogP contribution is -2.30. The van der Waals surface area contributed by atoms with Gasteiger partial charge in [0.15, 0.2) is 0 Å². The maximum Gasteiger partial charge on any atom is 0.408 e. The summed E-state index contributed by atoms with van der Waals surface area (Å²) in [5, 5.41) is 3.41. The van der Waals surface area contributed by atoms with Crippen molar-refractivity contribution in [3.63, 3.8) is 0 Å². The molecule has 0 spiro atoms. The predicted molar refractivity (Wildman–Crippen MR) is 58.3 cm³/mol. The summed E-state index contributed by atoms with van der Waals surface area (Å²) in [5.74, 6) is 0. The van der Waals surface area contributed by atoms with Gasteiger partial charge in [0.1, 0.15) is 12.9 Å². The summed E-state index contributed by atoms with van der Waals surface area (Å²) < 4.78 is 37.9. The Morgan fingerprint density at radius 2 is 2.06 bits per heavy atom. The van der Waals surface area contributed by atoms with E-state index in [1.165, 1.54) is 6.07 Å². The average molecular weight is 258 g/mol. The Morgan fingerprint density at radius 3 is 2.67 bits per heavy atom. The minimum Gasteiger partial charge on any atom is -0.399 e. The number of anilines is 1. The summed E-state index contributed by atoms with van der Waals surface area (Å²) in [7, 11) is 0. The van der Waals surface area contributed by atoms with Crippen LogP contribution in [0, 0.1) is 0 Å². The van der Waals surface area contributed by atoms with Crippen LogP contribution in [-0.4, -0.2) is 20.5 Å². The normalized spacial score (nSPS) is 11.7. The smallest absolute Gasteiger partial charge is 0.399 e. The third-order valence-electron chi connectivity index (χ3n) is 2.21. The molecule has 0 atom stereocenters. The highest BCUT2D eigenvalue weighted by atomic mass is 19.4. The number of rotatable bonds is 2. The molecule has 0 aliphatic carbocycles. The maximum atomic E-state index is 12.2. The number of halogens is 3. The predicted octanol–water partition coefficient (Wildman–Crippen LogP) is 1.18. The minimum absolute atomic E-state index is 0.350. The van der Waals surface area contributed by atoms with Crippen LogP contribution < -0.4 is 11.4 Å². The van der Waals surface area contributed by atoms with Crippen LogP contribution in [0.3, 0.4) is 0 Å². The van der Waals surface area contributed by atoms with E-state index in [0.717, 1.165) is 10.9 Å². The molecule has 0 saturated carbocycles. The van der Waals surface area contributed by atoms with E-state index in [0.29, 0.717) is 16.1 Å². The molecule has 8 heteroatoms. The van der Waals surface area contributed by atoms with Crippen LogP contribution in [0.25, 0.3) is 5.69 Å². The van der Waals surface area contributed by atoms with Crippen molar-refractivity contribution in [2.45, 2.75) is 12.7 Å². The molecule has 2 aromatic rings. The van der Waals surface area contributed by atoms with Crippen LogP contribution >= 0.6 is 0 Å². The highest BCUT2D eigenvalue weighted by molar-refractivity contribution is 5.47. The summed E-state index contributed by atoms with van der Waals surface area (Å²) in [5.41, 5.74) is 5.44. The molecular formula is C10H9F3N4O. The third-order valence-corrected chi connectivity index (χ3v) is 2.21. The monoisotopic (exact) mass is 258 g/mol. The summed E-state index contributed by atoms with van der Waals surface area (Å²) in [6, 6.07) is 6.23. The zero-order valence-electron chi connectivity index (χ0n) is 9.05. The lowest BCUT2D eigenvalue weighted by molar-refractivity contribution is -0.143. The Balaban J connectivity index is 2.40. The van der Waals surface area contributed by atoms with Gasteiger partial charge in [-0.1, -0.05) is 6.07 Å². The minimum atomic E-state index is -4.49. The van der Waals surface area contributed by atoms with E-state index in [9.17, 15) is 18.0 Å². The molecule has 0 amide bonds.